The van der Waals surface area contributed by atoms with E-state index in [2.05, 4.69) is 60.7 Å². The van der Waals surface area contributed by atoms with Crippen molar-refractivity contribution in [2.45, 2.75) is 0 Å². The Morgan fingerprint density at radius 3 is 1.19 bits per heavy atom. The van der Waals surface area contributed by atoms with E-state index in [1.54, 1.807) is 0 Å². The molecule has 0 aliphatic carbocycles. The Labute approximate surface area is 355 Å². The lowest BCUT2D eigenvalue weighted by atomic mass is 9.60. The van der Waals surface area contributed by atoms with Gasteiger partial charge in [0, 0.05) is 27.5 Å². The standard InChI is InChI=1S/C45H19B10N3O/c46-33-31(34(47)38(51)41(54)37(33)50)44-56-43(57-45(58-44)32-35(48)39(52)42(55)40(53)36(32)49)27-7-4-8-28-30(27)26-18-17-25(19-29(26)59-28)24-15-13-23(14-16-24)22-11-9-21(10-12-22)20-5-2-1-3-6-20/h1-19H. The van der Waals surface area contributed by atoms with Crippen LogP contribution in [0.1, 0.15) is 0 Å². The van der Waals surface area contributed by atoms with Crippen LogP contribution >= 0.6 is 0 Å². The minimum atomic E-state index is 0.00819. The predicted octanol–water partition coefficient (Wildman–Crippen LogP) is -0.289. The maximum absolute atomic E-state index is 6.50. The second-order valence-electron chi connectivity index (χ2n) is 14.2. The molecular formula is C45H19B10N3O. The van der Waals surface area contributed by atoms with Gasteiger partial charge in [0.15, 0.2) is 17.5 Å². The van der Waals surface area contributed by atoms with Gasteiger partial charge in [-0.05, 0) is 51.6 Å². The molecule has 0 saturated carbocycles. The first-order chi connectivity index (χ1) is 28.4. The zero-order valence-electron chi connectivity index (χ0n) is 31.5. The van der Waals surface area contributed by atoms with Gasteiger partial charge in [-0.2, -0.15) is 0 Å². The molecular weight excluding hydrogens is 707 g/mol. The molecule has 7 aromatic carbocycles. The van der Waals surface area contributed by atoms with Gasteiger partial charge < -0.3 is 4.42 Å². The number of hydrogen-bond acceptors (Lipinski definition) is 4. The van der Waals surface area contributed by atoms with Crippen molar-refractivity contribution in [1.82, 2.24) is 15.0 Å². The zero-order valence-corrected chi connectivity index (χ0v) is 31.5. The number of benzene rings is 7. The molecule has 0 amide bonds. The van der Waals surface area contributed by atoms with Gasteiger partial charge in [0.25, 0.3) is 0 Å². The van der Waals surface area contributed by atoms with Crippen molar-refractivity contribution >= 4 is 155 Å². The zero-order chi connectivity index (χ0) is 41.3. The van der Waals surface area contributed by atoms with Crippen molar-refractivity contribution in [1.29, 1.82) is 0 Å². The van der Waals surface area contributed by atoms with Gasteiger partial charge in [-0.3, -0.25) is 0 Å². The van der Waals surface area contributed by atoms with Crippen LogP contribution in [0, 0.1) is 0 Å². The molecule has 9 aromatic rings. The average Bonchev–Trinajstić information content (AvgIpc) is 3.65. The Kier molecular flexibility index (Phi) is 9.78. The van der Waals surface area contributed by atoms with Gasteiger partial charge in [-0.1, -0.05) is 119 Å². The molecule has 0 aliphatic heterocycles. The summed E-state index contributed by atoms with van der Waals surface area (Å²) >= 11 is 0. The summed E-state index contributed by atoms with van der Waals surface area (Å²) in [5.74, 6) is 0.206. The number of furan rings is 1. The summed E-state index contributed by atoms with van der Waals surface area (Å²) in [7, 11) is 63.3. The first-order valence-electron chi connectivity index (χ1n) is 18.4. The summed E-state index contributed by atoms with van der Waals surface area (Å²) < 4.78 is 6.47. The fraction of sp³-hybridized carbons (Fsp3) is 0. The predicted molar refractivity (Wildman–Crippen MR) is 254 cm³/mol. The molecule has 0 spiro atoms. The fourth-order valence-corrected chi connectivity index (χ4v) is 7.43. The van der Waals surface area contributed by atoms with Crippen LogP contribution in [0.4, 0.5) is 0 Å². The summed E-state index contributed by atoms with van der Waals surface area (Å²) in [5.41, 5.74) is 8.88. The monoisotopic (exact) mass is 727 g/mol. The SMILES string of the molecule is [B]c1c([B])c([B])c(-c2nc(-c3c([B])c([B])c([B])c([B])c3[B])nc(-c3cccc4oc5cc(-c6ccc(-c7ccc(-c8ccccc8)cc7)cc6)ccc5c34)n2)c([B])c1[B]. The average molecular weight is 726 g/mol. The third kappa shape index (κ3) is 6.54. The third-order valence-corrected chi connectivity index (χ3v) is 10.8. The van der Waals surface area contributed by atoms with Gasteiger partial charge in [0.2, 0.25) is 0 Å². The van der Waals surface area contributed by atoms with Crippen molar-refractivity contribution in [3.63, 3.8) is 0 Å². The molecule has 0 saturated heterocycles. The summed E-state index contributed by atoms with van der Waals surface area (Å²) in [6.07, 6.45) is 0. The van der Waals surface area contributed by atoms with Gasteiger partial charge in [-0.15, -0.1) is 32.8 Å². The molecule has 59 heavy (non-hydrogen) atoms. The first kappa shape index (κ1) is 38.5. The Morgan fingerprint density at radius 1 is 0.322 bits per heavy atom. The highest BCUT2D eigenvalue weighted by atomic mass is 16.3. The maximum atomic E-state index is 6.50. The van der Waals surface area contributed by atoms with Crippen LogP contribution in [-0.4, -0.2) is 93.4 Å². The number of rotatable bonds is 6. The van der Waals surface area contributed by atoms with E-state index in [0.717, 1.165) is 33.0 Å². The summed E-state index contributed by atoms with van der Waals surface area (Å²) in [4.78, 5) is 14.4. The largest absolute Gasteiger partial charge is 0.456 e. The molecule has 0 aliphatic rings. The minimum absolute atomic E-state index is 0.00819. The second kappa shape index (κ2) is 15.0. The van der Waals surface area contributed by atoms with Crippen molar-refractivity contribution < 1.29 is 4.42 Å². The lowest BCUT2D eigenvalue weighted by molar-refractivity contribution is 0.669. The van der Waals surface area contributed by atoms with E-state index < -0.39 is 0 Å². The molecule has 0 N–H and O–H groups in total. The van der Waals surface area contributed by atoms with Gasteiger partial charge in [0.1, 0.15) is 89.6 Å². The minimum Gasteiger partial charge on any atom is -0.456 e. The number of nitrogens with zero attached hydrogens (tertiary/aromatic N) is 3. The van der Waals surface area contributed by atoms with Crippen LogP contribution in [0.25, 0.3) is 89.5 Å². The van der Waals surface area contributed by atoms with Crippen molar-refractivity contribution in [2.24, 2.45) is 0 Å². The Morgan fingerprint density at radius 2 is 0.712 bits per heavy atom. The van der Waals surface area contributed by atoms with Gasteiger partial charge in [0.05, 0.1) is 0 Å². The van der Waals surface area contributed by atoms with Gasteiger partial charge >= 0.3 is 0 Å². The maximum Gasteiger partial charge on any atom is 0.164 e. The van der Waals surface area contributed by atoms with E-state index in [1.807, 2.05) is 54.6 Å². The highest BCUT2D eigenvalue weighted by Crippen LogP contribution is 2.38. The molecule has 0 fully saturated rings. The van der Waals surface area contributed by atoms with Crippen LogP contribution in [0.15, 0.2) is 120 Å². The normalized spacial score (nSPS) is 11.4. The molecule has 14 heteroatoms. The van der Waals surface area contributed by atoms with Crippen molar-refractivity contribution in [3.05, 3.63) is 115 Å². The first-order valence-corrected chi connectivity index (χ1v) is 18.4. The van der Waals surface area contributed by atoms with Crippen molar-refractivity contribution in [3.8, 4) is 67.5 Å². The smallest absolute Gasteiger partial charge is 0.164 e. The quantitative estimate of drug-likeness (QED) is 0.222. The third-order valence-electron chi connectivity index (χ3n) is 10.8. The summed E-state index contributed by atoms with van der Waals surface area (Å²) in [6, 6.07) is 39.0. The molecule has 0 unspecified atom stereocenters. The number of aromatic nitrogens is 3. The van der Waals surface area contributed by atoms with E-state index in [9.17, 15) is 0 Å². The Hall–Kier alpha value is -6.00. The van der Waals surface area contributed by atoms with Crippen LogP contribution in [0.5, 0.6) is 0 Å². The van der Waals surface area contributed by atoms with E-state index in [-0.39, 0.29) is 83.2 Å². The number of hydrogen-bond donors (Lipinski definition) is 0. The lowest BCUT2D eigenvalue weighted by Gasteiger charge is -2.22. The lowest BCUT2D eigenvalue weighted by Crippen LogP contribution is -2.55. The van der Waals surface area contributed by atoms with E-state index >= 15 is 0 Å². The molecule has 2 aromatic heterocycles. The topological polar surface area (TPSA) is 51.8 Å². The van der Waals surface area contributed by atoms with Crippen LogP contribution < -0.4 is 54.6 Å². The molecule has 4 nitrogen and oxygen atoms in total. The molecule has 9 rings (SSSR count). The molecule has 20 radical (unpaired) electrons. The van der Waals surface area contributed by atoms with Crippen molar-refractivity contribution in [2.75, 3.05) is 0 Å². The van der Waals surface area contributed by atoms with Crippen LogP contribution in [-0.2, 0) is 0 Å². The van der Waals surface area contributed by atoms with E-state index in [4.69, 9.17) is 97.8 Å². The summed E-state index contributed by atoms with van der Waals surface area (Å²) in [5, 5.41) is 1.55. The van der Waals surface area contributed by atoms with E-state index in [1.165, 1.54) is 11.1 Å². The van der Waals surface area contributed by atoms with Crippen LogP contribution in [0.2, 0.25) is 0 Å². The molecule has 0 atom stereocenters. The van der Waals surface area contributed by atoms with Gasteiger partial charge in [-0.25, -0.2) is 15.0 Å². The Bertz CT molecular complexity index is 3010. The molecule has 2 heterocycles. The van der Waals surface area contributed by atoms with Crippen LogP contribution in [0.3, 0.4) is 0 Å². The molecule has 250 valence electrons. The van der Waals surface area contributed by atoms with E-state index in [0.29, 0.717) is 16.7 Å². The highest BCUT2D eigenvalue weighted by Gasteiger charge is 2.23. The molecule has 0 bridgehead atoms. The fourth-order valence-electron chi connectivity index (χ4n) is 7.43. The second-order valence-corrected chi connectivity index (χ2v) is 14.2. The number of fused-ring (bicyclic) bond motifs is 3. The highest BCUT2D eigenvalue weighted by molar-refractivity contribution is 6.69. The summed E-state index contributed by atoms with van der Waals surface area (Å²) in [6.45, 7) is 0. The Balaban J connectivity index is 1.16.